The molecule has 25 heavy (non-hydrogen) atoms. The van der Waals surface area contributed by atoms with E-state index in [1.165, 1.54) is 23.8 Å². The van der Waals surface area contributed by atoms with E-state index in [-0.39, 0.29) is 17.1 Å². The molecule has 1 amide bonds. The SMILES string of the molecule is CN=C(C)/C=C(\C)C1CC2(C1)CN(C(=O)c1cc(O)ccc1C#N)C2. The number of amides is 1. The molecule has 1 spiro atoms. The molecule has 0 aromatic heterocycles. The summed E-state index contributed by atoms with van der Waals surface area (Å²) in [6.07, 6.45) is 4.34. The van der Waals surface area contributed by atoms with Crippen LogP contribution < -0.4 is 0 Å². The van der Waals surface area contributed by atoms with Gasteiger partial charge in [-0.3, -0.25) is 9.79 Å². The highest BCUT2D eigenvalue weighted by molar-refractivity contribution is 5.97. The van der Waals surface area contributed by atoms with Crippen molar-refractivity contribution < 1.29 is 9.90 Å². The number of aliphatic imine (C=N–C) groups is 1. The van der Waals surface area contributed by atoms with Crippen molar-refractivity contribution in [2.45, 2.75) is 26.7 Å². The average molecular weight is 337 g/mol. The van der Waals surface area contributed by atoms with Crippen LogP contribution in [-0.2, 0) is 0 Å². The van der Waals surface area contributed by atoms with Crippen LogP contribution in [0.3, 0.4) is 0 Å². The first kappa shape index (κ1) is 17.2. The van der Waals surface area contributed by atoms with Gasteiger partial charge in [0.25, 0.3) is 5.91 Å². The van der Waals surface area contributed by atoms with Gasteiger partial charge < -0.3 is 10.0 Å². The molecule has 1 N–H and O–H groups in total. The third kappa shape index (κ3) is 3.17. The largest absolute Gasteiger partial charge is 0.508 e. The smallest absolute Gasteiger partial charge is 0.255 e. The molecule has 5 nitrogen and oxygen atoms in total. The third-order valence-electron chi connectivity index (χ3n) is 5.49. The summed E-state index contributed by atoms with van der Waals surface area (Å²) in [6.45, 7) is 5.62. The zero-order valence-corrected chi connectivity index (χ0v) is 14.9. The maximum atomic E-state index is 12.6. The van der Waals surface area contributed by atoms with E-state index in [0.29, 0.717) is 17.0 Å². The standard InChI is InChI=1S/C20H23N3O2/c1-13(6-14(2)22-3)16-8-20(9-16)11-23(12-20)19(25)18-7-17(24)5-4-15(18)10-21/h4-7,16,24H,8-9,11-12H2,1-3H3/b13-6+,22-14?. The summed E-state index contributed by atoms with van der Waals surface area (Å²) in [4.78, 5) is 18.6. The first-order chi connectivity index (χ1) is 11.9. The van der Waals surface area contributed by atoms with Crippen molar-refractivity contribution in [2.75, 3.05) is 20.1 Å². The fourth-order valence-corrected chi connectivity index (χ4v) is 3.96. The molecular weight excluding hydrogens is 314 g/mol. The Morgan fingerprint density at radius 1 is 1.40 bits per heavy atom. The topological polar surface area (TPSA) is 76.7 Å². The monoisotopic (exact) mass is 337 g/mol. The number of aromatic hydroxyl groups is 1. The number of hydrogen-bond acceptors (Lipinski definition) is 4. The highest BCUT2D eigenvalue weighted by Gasteiger charge is 2.53. The molecule has 1 heterocycles. The minimum Gasteiger partial charge on any atom is -0.508 e. The molecule has 0 unspecified atom stereocenters. The van der Waals surface area contributed by atoms with Gasteiger partial charge in [-0.2, -0.15) is 5.26 Å². The fourth-order valence-electron chi connectivity index (χ4n) is 3.96. The van der Waals surface area contributed by atoms with Gasteiger partial charge in [-0.1, -0.05) is 5.57 Å². The molecule has 0 bridgehead atoms. The number of rotatable bonds is 3. The van der Waals surface area contributed by atoms with Crippen LogP contribution in [0.2, 0.25) is 0 Å². The molecule has 2 aliphatic rings. The molecule has 0 radical (unpaired) electrons. The lowest BCUT2D eigenvalue weighted by Crippen LogP contribution is -2.63. The Morgan fingerprint density at radius 3 is 2.68 bits per heavy atom. The van der Waals surface area contributed by atoms with Crippen molar-refractivity contribution in [1.29, 1.82) is 5.26 Å². The van der Waals surface area contributed by atoms with Crippen molar-refractivity contribution >= 4 is 11.6 Å². The second-order valence-corrected chi connectivity index (χ2v) is 7.36. The van der Waals surface area contributed by atoms with E-state index in [4.69, 9.17) is 5.26 Å². The predicted octanol–water partition coefficient (Wildman–Crippen LogP) is 3.15. The van der Waals surface area contributed by atoms with Crippen molar-refractivity contribution in [3.63, 3.8) is 0 Å². The van der Waals surface area contributed by atoms with Gasteiger partial charge >= 0.3 is 0 Å². The van der Waals surface area contributed by atoms with Gasteiger partial charge in [-0.25, -0.2) is 0 Å². The highest BCUT2D eigenvalue weighted by Crippen LogP contribution is 2.54. The van der Waals surface area contributed by atoms with Crippen molar-refractivity contribution in [1.82, 2.24) is 4.90 Å². The minimum atomic E-state index is -0.164. The van der Waals surface area contributed by atoms with E-state index in [2.05, 4.69) is 18.0 Å². The van der Waals surface area contributed by atoms with E-state index in [1.807, 2.05) is 13.0 Å². The summed E-state index contributed by atoms with van der Waals surface area (Å²) in [7, 11) is 1.80. The lowest BCUT2D eigenvalue weighted by Gasteiger charge is -2.59. The molecule has 130 valence electrons. The van der Waals surface area contributed by atoms with Gasteiger partial charge in [0.05, 0.1) is 17.2 Å². The quantitative estimate of drug-likeness (QED) is 0.861. The Kier molecular flexibility index (Phi) is 4.38. The van der Waals surface area contributed by atoms with Gasteiger partial charge in [-0.05, 0) is 56.9 Å². The summed E-state index contributed by atoms with van der Waals surface area (Å²) < 4.78 is 0. The van der Waals surface area contributed by atoms with Crippen LogP contribution >= 0.6 is 0 Å². The summed E-state index contributed by atoms with van der Waals surface area (Å²) in [5.74, 6) is 0.419. The molecule has 1 aromatic rings. The van der Waals surface area contributed by atoms with Gasteiger partial charge in [0.15, 0.2) is 0 Å². The lowest BCUT2D eigenvalue weighted by atomic mass is 9.56. The maximum Gasteiger partial charge on any atom is 0.255 e. The zero-order valence-electron chi connectivity index (χ0n) is 14.9. The Hall–Kier alpha value is -2.61. The van der Waals surface area contributed by atoms with Gasteiger partial charge in [0.2, 0.25) is 0 Å². The van der Waals surface area contributed by atoms with Crippen LogP contribution in [0.1, 0.15) is 42.6 Å². The third-order valence-corrected chi connectivity index (χ3v) is 5.49. The predicted molar refractivity (Wildman–Crippen MR) is 96.7 cm³/mol. The molecule has 1 aromatic carbocycles. The van der Waals surface area contributed by atoms with E-state index >= 15 is 0 Å². The first-order valence-corrected chi connectivity index (χ1v) is 8.51. The van der Waals surface area contributed by atoms with Crippen molar-refractivity contribution in [2.24, 2.45) is 16.3 Å². The number of hydrogen-bond donors (Lipinski definition) is 1. The van der Waals surface area contributed by atoms with Crippen LogP contribution in [0, 0.1) is 22.7 Å². The highest BCUT2D eigenvalue weighted by atomic mass is 16.3. The molecule has 2 fully saturated rings. The Morgan fingerprint density at radius 2 is 2.08 bits per heavy atom. The molecule has 3 rings (SSSR count). The van der Waals surface area contributed by atoms with Gasteiger partial charge in [-0.15, -0.1) is 0 Å². The second-order valence-electron chi connectivity index (χ2n) is 7.36. The Bertz CT molecular complexity index is 803. The molecule has 1 aliphatic heterocycles. The van der Waals surface area contributed by atoms with Gasteiger partial charge in [0.1, 0.15) is 5.75 Å². The number of allylic oxidation sites excluding steroid dienone is 2. The van der Waals surface area contributed by atoms with E-state index in [1.54, 1.807) is 11.9 Å². The molecular formula is C20H23N3O2. The Labute approximate surface area is 148 Å². The van der Waals surface area contributed by atoms with Gasteiger partial charge in [0, 0.05) is 31.3 Å². The van der Waals surface area contributed by atoms with E-state index < -0.39 is 0 Å². The van der Waals surface area contributed by atoms with Crippen LogP contribution in [-0.4, -0.2) is 41.8 Å². The number of carbonyl (C=O) groups excluding carboxylic acids is 1. The number of nitriles is 1. The zero-order chi connectivity index (χ0) is 18.2. The normalized spacial score (nSPS) is 20.0. The number of phenolic OH excluding ortho intramolecular Hbond substituents is 1. The van der Waals surface area contributed by atoms with Crippen LogP contribution in [0.15, 0.2) is 34.8 Å². The average Bonchev–Trinajstić information content (AvgIpc) is 2.51. The number of likely N-dealkylation sites (tertiary alicyclic amines) is 1. The summed E-state index contributed by atoms with van der Waals surface area (Å²) in [5, 5.41) is 18.8. The van der Waals surface area contributed by atoms with Crippen LogP contribution in [0.25, 0.3) is 0 Å². The number of phenols is 1. The number of carbonyl (C=O) groups is 1. The van der Waals surface area contributed by atoms with Crippen molar-refractivity contribution in [3.05, 3.63) is 41.0 Å². The van der Waals surface area contributed by atoms with Crippen molar-refractivity contribution in [3.8, 4) is 11.8 Å². The lowest BCUT2D eigenvalue weighted by molar-refractivity contribution is -0.0664. The van der Waals surface area contributed by atoms with Crippen LogP contribution in [0.5, 0.6) is 5.75 Å². The summed E-state index contributed by atoms with van der Waals surface area (Å²) in [6, 6.07) is 6.33. The number of nitrogens with zero attached hydrogens (tertiary/aromatic N) is 3. The maximum absolute atomic E-state index is 12.6. The summed E-state index contributed by atoms with van der Waals surface area (Å²) >= 11 is 0. The molecule has 5 heteroatoms. The molecule has 1 saturated carbocycles. The molecule has 1 saturated heterocycles. The van der Waals surface area contributed by atoms with E-state index in [9.17, 15) is 9.90 Å². The van der Waals surface area contributed by atoms with E-state index in [0.717, 1.165) is 31.6 Å². The van der Waals surface area contributed by atoms with Crippen LogP contribution in [0.4, 0.5) is 0 Å². The minimum absolute atomic E-state index is 0.00927. The Balaban J connectivity index is 1.61. The summed E-state index contributed by atoms with van der Waals surface area (Å²) in [5.41, 5.74) is 3.23. The first-order valence-electron chi connectivity index (χ1n) is 8.51. The second kappa shape index (κ2) is 6.36. The molecule has 1 aliphatic carbocycles. The molecule has 0 atom stereocenters. The fraction of sp³-hybridized carbons (Fsp3) is 0.450. The number of benzene rings is 1.